The Balaban J connectivity index is 2.28. The van der Waals surface area contributed by atoms with Crippen LogP contribution in [0.3, 0.4) is 0 Å². The minimum Gasteiger partial charge on any atom is -0.355 e. The lowest BCUT2D eigenvalue weighted by atomic mass is 10.1. The lowest BCUT2D eigenvalue weighted by molar-refractivity contribution is 0.101. The first-order valence-corrected chi connectivity index (χ1v) is 6.00. The van der Waals surface area contributed by atoms with Crippen LogP contribution in [0.15, 0.2) is 42.6 Å². The topological polar surface area (TPSA) is 33.2 Å². The molecule has 0 amide bonds. The van der Waals surface area contributed by atoms with E-state index in [0.717, 1.165) is 0 Å². The molecule has 0 unspecified atom stereocenters. The van der Waals surface area contributed by atoms with E-state index in [-0.39, 0.29) is 11.6 Å². The molecular weight excluding hydrogens is 243 g/mol. The Labute approximate surface area is 111 Å². The molecule has 0 aliphatic heterocycles. The number of pyridine rings is 1. The van der Waals surface area contributed by atoms with E-state index >= 15 is 0 Å². The molecule has 1 aromatic carbocycles. The molecule has 1 heterocycles. The summed E-state index contributed by atoms with van der Waals surface area (Å²) in [4.78, 5) is 17.5. The largest absolute Gasteiger partial charge is 0.355 e. The molecule has 2 aromatic rings. The number of benzene rings is 1. The van der Waals surface area contributed by atoms with Crippen LogP contribution in [-0.4, -0.2) is 17.8 Å². The fourth-order valence-electron chi connectivity index (χ4n) is 1.93. The first-order chi connectivity index (χ1) is 9.09. The number of rotatable bonds is 4. The van der Waals surface area contributed by atoms with E-state index in [1.807, 2.05) is 0 Å². The summed E-state index contributed by atoms with van der Waals surface area (Å²) in [5, 5.41) is 0. The normalized spacial score (nSPS) is 10.3. The first kappa shape index (κ1) is 13.2. The number of ketones is 1. The molecule has 0 atom stereocenters. The van der Waals surface area contributed by atoms with Gasteiger partial charge < -0.3 is 4.90 Å². The molecule has 0 saturated carbocycles. The number of nitrogens with zero attached hydrogens (tertiary/aromatic N) is 2. The van der Waals surface area contributed by atoms with E-state index in [4.69, 9.17) is 0 Å². The Bertz CT molecular complexity index is 598. The number of anilines is 1. The van der Waals surface area contributed by atoms with Crippen LogP contribution in [0.2, 0.25) is 0 Å². The molecule has 3 nitrogen and oxygen atoms in total. The van der Waals surface area contributed by atoms with Gasteiger partial charge in [-0.15, -0.1) is 0 Å². The van der Waals surface area contributed by atoms with Crippen LogP contribution in [0, 0.1) is 5.82 Å². The van der Waals surface area contributed by atoms with Crippen molar-refractivity contribution in [3.8, 4) is 0 Å². The summed E-state index contributed by atoms with van der Waals surface area (Å²) in [6.07, 6.45) is 1.62. The van der Waals surface area contributed by atoms with Gasteiger partial charge in [0.1, 0.15) is 11.6 Å². The summed E-state index contributed by atoms with van der Waals surface area (Å²) in [5.41, 5.74) is 1.12. The van der Waals surface area contributed by atoms with Crippen molar-refractivity contribution >= 4 is 11.6 Å². The predicted octanol–water partition coefficient (Wildman–Crippen LogP) is 3.06. The second-order valence-electron chi connectivity index (χ2n) is 4.38. The Morgan fingerprint density at radius 2 is 2.00 bits per heavy atom. The van der Waals surface area contributed by atoms with E-state index in [9.17, 15) is 9.18 Å². The Kier molecular flexibility index (Phi) is 3.90. The molecule has 19 heavy (non-hydrogen) atoms. The van der Waals surface area contributed by atoms with Gasteiger partial charge in [0, 0.05) is 25.4 Å². The number of hydrogen-bond donors (Lipinski definition) is 0. The van der Waals surface area contributed by atoms with Crippen LogP contribution >= 0.6 is 0 Å². The SMILES string of the molecule is CC(=O)c1cccnc1N(C)Cc1ccccc1F. The number of Topliss-reactive ketones (excluding diaryl/α,β-unsaturated/α-hetero) is 1. The van der Waals surface area contributed by atoms with Gasteiger partial charge in [0.2, 0.25) is 0 Å². The van der Waals surface area contributed by atoms with E-state index in [1.54, 1.807) is 48.5 Å². The van der Waals surface area contributed by atoms with E-state index in [1.165, 1.54) is 13.0 Å². The van der Waals surface area contributed by atoms with Crippen molar-refractivity contribution in [3.05, 3.63) is 59.5 Å². The third-order valence-corrected chi connectivity index (χ3v) is 2.89. The highest BCUT2D eigenvalue weighted by Crippen LogP contribution is 2.19. The van der Waals surface area contributed by atoms with Gasteiger partial charge in [0.05, 0.1) is 5.56 Å². The fourth-order valence-corrected chi connectivity index (χ4v) is 1.93. The minimum absolute atomic E-state index is 0.0523. The molecule has 0 saturated heterocycles. The second-order valence-corrected chi connectivity index (χ2v) is 4.38. The summed E-state index contributed by atoms with van der Waals surface area (Å²) < 4.78 is 13.6. The highest BCUT2D eigenvalue weighted by atomic mass is 19.1. The Morgan fingerprint density at radius 3 is 2.68 bits per heavy atom. The highest BCUT2D eigenvalue weighted by molar-refractivity contribution is 5.98. The average Bonchev–Trinajstić information content (AvgIpc) is 2.41. The quantitative estimate of drug-likeness (QED) is 0.790. The van der Waals surface area contributed by atoms with Crippen LogP contribution in [0.25, 0.3) is 0 Å². The summed E-state index contributed by atoms with van der Waals surface area (Å²) >= 11 is 0. The lowest BCUT2D eigenvalue weighted by Crippen LogP contribution is -2.21. The van der Waals surface area contributed by atoms with E-state index in [2.05, 4.69) is 4.98 Å². The van der Waals surface area contributed by atoms with Gasteiger partial charge in [-0.25, -0.2) is 9.37 Å². The molecule has 0 spiro atoms. The summed E-state index contributed by atoms with van der Waals surface area (Å²) in [6, 6.07) is 10.0. The molecule has 0 bridgehead atoms. The summed E-state index contributed by atoms with van der Waals surface area (Å²) in [6.45, 7) is 1.86. The monoisotopic (exact) mass is 258 g/mol. The average molecular weight is 258 g/mol. The van der Waals surface area contributed by atoms with Gasteiger partial charge in [-0.3, -0.25) is 4.79 Å². The van der Waals surface area contributed by atoms with Crippen molar-refractivity contribution in [2.75, 3.05) is 11.9 Å². The molecular formula is C15H15FN2O. The van der Waals surface area contributed by atoms with E-state index in [0.29, 0.717) is 23.5 Å². The molecule has 1 aromatic heterocycles. The van der Waals surface area contributed by atoms with Gasteiger partial charge in [-0.2, -0.15) is 0 Å². The Hall–Kier alpha value is -2.23. The standard InChI is InChI=1S/C15H15FN2O/c1-11(19)13-7-5-9-17-15(13)18(2)10-12-6-3-4-8-14(12)16/h3-9H,10H2,1-2H3. The fraction of sp³-hybridized carbons (Fsp3) is 0.200. The van der Waals surface area contributed by atoms with Crippen molar-refractivity contribution < 1.29 is 9.18 Å². The lowest BCUT2D eigenvalue weighted by Gasteiger charge is -2.20. The summed E-state index contributed by atoms with van der Waals surface area (Å²) in [5.74, 6) is 0.261. The van der Waals surface area contributed by atoms with Gasteiger partial charge in [0.25, 0.3) is 0 Å². The summed E-state index contributed by atoms with van der Waals surface area (Å²) in [7, 11) is 1.79. The molecule has 0 aliphatic rings. The smallest absolute Gasteiger partial charge is 0.163 e. The van der Waals surface area contributed by atoms with Gasteiger partial charge in [0.15, 0.2) is 5.78 Å². The molecule has 0 aliphatic carbocycles. The van der Waals surface area contributed by atoms with Crippen molar-refractivity contribution in [3.63, 3.8) is 0 Å². The first-order valence-electron chi connectivity index (χ1n) is 6.00. The molecule has 98 valence electrons. The van der Waals surface area contributed by atoms with Crippen molar-refractivity contribution in [2.24, 2.45) is 0 Å². The van der Waals surface area contributed by atoms with Crippen LogP contribution < -0.4 is 4.90 Å². The molecule has 0 radical (unpaired) electrons. The van der Waals surface area contributed by atoms with Gasteiger partial charge >= 0.3 is 0 Å². The minimum atomic E-state index is -0.255. The molecule has 2 rings (SSSR count). The van der Waals surface area contributed by atoms with Crippen LogP contribution in [0.5, 0.6) is 0 Å². The van der Waals surface area contributed by atoms with Crippen LogP contribution in [-0.2, 0) is 6.54 Å². The number of carbonyl (C=O) groups is 1. The molecule has 4 heteroatoms. The zero-order valence-corrected chi connectivity index (χ0v) is 10.9. The van der Waals surface area contributed by atoms with E-state index < -0.39 is 0 Å². The third kappa shape index (κ3) is 2.96. The van der Waals surface area contributed by atoms with Gasteiger partial charge in [-0.1, -0.05) is 18.2 Å². The zero-order chi connectivity index (χ0) is 13.8. The number of carbonyl (C=O) groups excluding carboxylic acids is 1. The number of hydrogen-bond acceptors (Lipinski definition) is 3. The molecule has 0 N–H and O–H groups in total. The van der Waals surface area contributed by atoms with Crippen LogP contribution in [0.1, 0.15) is 22.8 Å². The maximum Gasteiger partial charge on any atom is 0.163 e. The number of halogens is 1. The maximum atomic E-state index is 13.6. The molecule has 0 fully saturated rings. The Morgan fingerprint density at radius 1 is 1.26 bits per heavy atom. The zero-order valence-electron chi connectivity index (χ0n) is 10.9. The third-order valence-electron chi connectivity index (χ3n) is 2.89. The maximum absolute atomic E-state index is 13.6. The van der Waals surface area contributed by atoms with Gasteiger partial charge in [-0.05, 0) is 25.1 Å². The van der Waals surface area contributed by atoms with Crippen molar-refractivity contribution in [1.29, 1.82) is 0 Å². The van der Waals surface area contributed by atoms with Crippen molar-refractivity contribution in [2.45, 2.75) is 13.5 Å². The van der Waals surface area contributed by atoms with Crippen molar-refractivity contribution in [1.82, 2.24) is 4.98 Å². The number of aromatic nitrogens is 1. The predicted molar refractivity (Wildman–Crippen MR) is 72.7 cm³/mol. The second kappa shape index (κ2) is 5.61. The highest BCUT2D eigenvalue weighted by Gasteiger charge is 2.13. The van der Waals surface area contributed by atoms with Crippen LogP contribution in [0.4, 0.5) is 10.2 Å².